The van der Waals surface area contributed by atoms with E-state index in [1.165, 1.54) is 43.0 Å². The minimum atomic E-state index is -1.62. The van der Waals surface area contributed by atoms with Gasteiger partial charge in [-0.15, -0.1) is 69.7 Å². The van der Waals surface area contributed by atoms with Gasteiger partial charge in [-0.3, -0.25) is 0 Å². The number of benzene rings is 4. The van der Waals surface area contributed by atoms with Crippen molar-refractivity contribution < 1.29 is 36.4 Å². The first kappa shape index (κ1) is 37.3. The van der Waals surface area contributed by atoms with Crippen LogP contribution < -0.4 is 10.4 Å². The molecule has 6 aromatic carbocycles. The van der Waals surface area contributed by atoms with Crippen LogP contribution in [0.4, 0.5) is 0 Å². The molecule has 46 heavy (non-hydrogen) atoms. The Morgan fingerprint density at radius 1 is 0.522 bits per heavy atom. The molecule has 0 saturated carbocycles. The molecule has 0 aromatic heterocycles. The van der Waals surface area contributed by atoms with Gasteiger partial charge in [-0.05, 0) is 47.9 Å². The molecule has 0 aliphatic heterocycles. The van der Waals surface area contributed by atoms with Crippen LogP contribution in [0.1, 0.15) is 63.8 Å². The molecule has 0 radical (unpaired) electrons. The van der Waals surface area contributed by atoms with Crippen molar-refractivity contribution in [2.45, 2.75) is 79.3 Å². The molecule has 0 aliphatic carbocycles. The molecule has 0 fully saturated rings. The van der Waals surface area contributed by atoms with Gasteiger partial charge in [0.2, 0.25) is 0 Å². The minimum Gasteiger partial charge on any atom is -0.508 e. The third-order valence-electron chi connectivity index (χ3n) is 8.60. The molecule has 6 aromatic rings. The first-order chi connectivity index (χ1) is 21.0. The van der Waals surface area contributed by atoms with Crippen molar-refractivity contribution in [1.29, 1.82) is 0 Å². The van der Waals surface area contributed by atoms with Gasteiger partial charge in [-0.25, -0.2) is 0 Å². The van der Waals surface area contributed by atoms with Crippen LogP contribution in [0.15, 0.2) is 109 Å². The van der Waals surface area contributed by atoms with Gasteiger partial charge in [0.25, 0.3) is 0 Å². The number of rotatable bonds is 2. The maximum absolute atomic E-state index is 9.57. The average molecular weight is 706 g/mol. The molecule has 6 rings (SSSR count). The van der Waals surface area contributed by atoms with Crippen LogP contribution in [0.5, 0.6) is 11.5 Å². The number of fused-ring (bicyclic) bond motifs is 2. The second-order valence-electron chi connectivity index (χ2n) is 14.9. The zero-order chi connectivity index (χ0) is 33.2. The number of aromatic hydroxyl groups is 2. The molecule has 0 saturated heterocycles. The Bertz CT molecular complexity index is 1690. The predicted octanol–water partition coefficient (Wildman–Crippen LogP) is 10.2. The van der Waals surface area contributed by atoms with Gasteiger partial charge in [0.15, 0.2) is 0 Å². The topological polar surface area (TPSA) is 40.5 Å². The summed E-state index contributed by atoms with van der Waals surface area (Å²) in [6.45, 7) is 21.6. The molecular weight excluding hydrogens is 656 g/mol. The van der Waals surface area contributed by atoms with Gasteiger partial charge in [0.1, 0.15) is 11.5 Å². The number of aryl methyl sites for hydroxylation is 2. The first-order valence-electron chi connectivity index (χ1n) is 15.9. The van der Waals surface area contributed by atoms with E-state index in [1.807, 2.05) is 38.1 Å². The predicted molar refractivity (Wildman–Crippen MR) is 199 cm³/mol. The summed E-state index contributed by atoms with van der Waals surface area (Å²) in [6.07, 6.45) is 0. The van der Waals surface area contributed by atoms with Crippen LogP contribution in [0.25, 0.3) is 21.5 Å². The summed E-state index contributed by atoms with van der Waals surface area (Å²) in [6, 6.07) is 38.3. The molecule has 0 unspecified atom stereocenters. The molecule has 2 nitrogen and oxygen atoms in total. The number of phenolic OH excluding ortho intramolecular Hbond substituents is 2. The van der Waals surface area contributed by atoms with E-state index in [2.05, 4.69) is 127 Å². The number of hydrogen-bond acceptors (Lipinski definition) is 2. The summed E-state index contributed by atoms with van der Waals surface area (Å²) in [7, 11) is -1.62. The zero-order valence-corrected chi connectivity index (χ0v) is 32.7. The fraction of sp³-hybridized carbons (Fsp3) is 0.286. The summed E-state index contributed by atoms with van der Waals surface area (Å²) < 4.78 is 0. The molecule has 0 heterocycles. The summed E-state index contributed by atoms with van der Waals surface area (Å²) in [5, 5.41) is 27.7. The molecule has 0 bridgehead atoms. The fourth-order valence-corrected chi connectivity index (χ4v) is 8.09. The molecule has 0 atom stereocenters. The minimum absolute atomic E-state index is 0. The summed E-state index contributed by atoms with van der Waals surface area (Å²) in [5.74, 6) is 0.793. The van der Waals surface area contributed by atoms with Gasteiger partial charge < -0.3 is 10.2 Å². The molecule has 4 heteroatoms. The van der Waals surface area contributed by atoms with Crippen molar-refractivity contribution >= 4 is 40.0 Å². The number of phenols is 2. The van der Waals surface area contributed by atoms with Crippen molar-refractivity contribution in [3.8, 4) is 11.5 Å². The van der Waals surface area contributed by atoms with E-state index in [0.717, 1.165) is 11.1 Å². The maximum Gasteiger partial charge on any atom is 2.00 e. The molecular formula is C42H50O2SiZr. The third-order valence-corrected chi connectivity index (χ3v) is 12.1. The zero-order valence-electron chi connectivity index (χ0n) is 29.3. The van der Waals surface area contributed by atoms with Crippen LogP contribution >= 0.6 is 0 Å². The maximum atomic E-state index is 9.57. The van der Waals surface area contributed by atoms with Gasteiger partial charge in [-0.1, -0.05) is 102 Å². The van der Waals surface area contributed by atoms with E-state index in [9.17, 15) is 10.2 Å². The second-order valence-corrected chi connectivity index (χ2v) is 19.3. The van der Waals surface area contributed by atoms with E-state index in [-0.39, 0.29) is 37.0 Å². The molecule has 0 amide bonds. The van der Waals surface area contributed by atoms with Crippen molar-refractivity contribution in [3.63, 3.8) is 0 Å². The number of hydrogen-bond donors (Lipinski definition) is 2. The summed E-state index contributed by atoms with van der Waals surface area (Å²) in [4.78, 5) is 0. The Morgan fingerprint density at radius 2 is 0.870 bits per heavy atom. The first-order valence-corrected chi connectivity index (χ1v) is 18.9. The summed E-state index contributed by atoms with van der Waals surface area (Å²) in [5.41, 5.74) is 4.46. The van der Waals surface area contributed by atoms with Crippen molar-refractivity contribution in [2.24, 2.45) is 0 Å². The Kier molecular flexibility index (Phi) is 11.9. The standard InChI is InChI=1S/C20H18Si.2C11H16O.Zr/c1-21(2,19-11-15-7-3-4-8-16(15)12-19)20-13-17-9-5-6-10-18(17)14-20;2*1-8-5-6-10(12)9(7-8)11(2,3)4;/h3-14H,1-2H3;2*5-7,12H,1-4H3;/q-2;;;+2. The van der Waals surface area contributed by atoms with Gasteiger partial charge in [0.05, 0.1) is 8.07 Å². The van der Waals surface area contributed by atoms with E-state index >= 15 is 0 Å². The molecule has 0 aliphatic rings. The van der Waals surface area contributed by atoms with Crippen molar-refractivity contribution in [3.05, 3.63) is 131 Å². The Labute approximate surface area is 297 Å². The molecule has 0 spiro atoms. The van der Waals surface area contributed by atoms with Crippen molar-refractivity contribution in [1.82, 2.24) is 0 Å². The monoisotopic (exact) mass is 704 g/mol. The molecule has 2 N–H and O–H groups in total. The average Bonchev–Trinajstić information content (AvgIpc) is 3.61. The van der Waals surface area contributed by atoms with Crippen LogP contribution in [-0.4, -0.2) is 18.3 Å². The smallest absolute Gasteiger partial charge is 0.508 e. The molecule has 238 valence electrons. The quantitative estimate of drug-likeness (QED) is 0.139. The van der Waals surface area contributed by atoms with Crippen LogP contribution in [-0.2, 0) is 37.0 Å². The summed E-state index contributed by atoms with van der Waals surface area (Å²) >= 11 is 0. The van der Waals surface area contributed by atoms with E-state index in [0.29, 0.717) is 11.5 Å². The Hall–Kier alpha value is -3.20. The largest absolute Gasteiger partial charge is 2.00 e. The SMILES string of the molecule is C[Si](C)(c1cc2ccccc2[cH-]1)c1cc2ccccc2[cH-]1.Cc1ccc(O)c(C(C)(C)C)c1.Cc1ccc(O)c(C(C)(C)C)c1.[Zr+2]. The van der Waals surface area contributed by atoms with Crippen LogP contribution in [0.3, 0.4) is 0 Å². The van der Waals surface area contributed by atoms with Gasteiger partial charge in [0, 0.05) is 0 Å². The van der Waals surface area contributed by atoms with Gasteiger partial charge in [-0.2, -0.15) is 22.9 Å². The Balaban J connectivity index is 0.000000200. The van der Waals surface area contributed by atoms with E-state index in [1.54, 1.807) is 12.1 Å². The normalized spacial score (nSPS) is 11.7. The van der Waals surface area contributed by atoms with Crippen LogP contribution in [0, 0.1) is 13.8 Å². The van der Waals surface area contributed by atoms with Crippen LogP contribution in [0.2, 0.25) is 13.1 Å². The van der Waals surface area contributed by atoms with E-state index < -0.39 is 8.07 Å². The van der Waals surface area contributed by atoms with Gasteiger partial charge >= 0.3 is 26.2 Å². The van der Waals surface area contributed by atoms with Crippen molar-refractivity contribution in [2.75, 3.05) is 0 Å². The fourth-order valence-electron chi connectivity index (χ4n) is 5.69. The third kappa shape index (κ3) is 8.99. The Morgan fingerprint density at radius 3 is 1.17 bits per heavy atom. The second kappa shape index (κ2) is 14.7. The van der Waals surface area contributed by atoms with E-state index in [4.69, 9.17) is 0 Å².